The predicted octanol–water partition coefficient (Wildman–Crippen LogP) is 0.793. The van der Waals surface area contributed by atoms with Crippen LogP contribution in [-0.4, -0.2) is 42.5 Å². The Morgan fingerprint density at radius 1 is 1.24 bits per heavy atom. The Labute approximate surface area is 99.3 Å². The summed E-state index contributed by atoms with van der Waals surface area (Å²) in [5.41, 5.74) is 2.02. The van der Waals surface area contributed by atoms with Crippen LogP contribution in [0.25, 0.3) is 0 Å². The maximum Gasteiger partial charge on any atom is 0.335 e. The number of carboxylic acids is 1. The fourth-order valence-corrected chi connectivity index (χ4v) is 1.97. The maximum atomic E-state index is 11.7. The predicted molar refractivity (Wildman–Crippen MR) is 63.1 cm³/mol. The summed E-state index contributed by atoms with van der Waals surface area (Å²) >= 11 is 0. The quantitative estimate of drug-likeness (QED) is 0.780. The molecule has 0 fully saturated rings. The highest BCUT2D eigenvalue weighted by Crippen LogP contribution is 2.25. The number of likely N-dealkylation sites (N-methyl/N-ethyl adjacent to an activating group) is 2. The van der Waals surface area contributed by atoms with Gasteiger partial charge < -0.3 is 14.9 Å². The van der Waals surface area contributed by atoms with Crippen LogP contribution in [0.1, 0.15) is 15.9 Å². The summed E-state index contributed by atoms with van der Waals surface area (Å²) in [5.74, 6) is -0.922. The largest absolute Gasteiger partial charge is 0.478 e. The number of hydrogen-bond acceptors (Lipinski definition) is 3. The summed E-state index contributed by atoms with van der Waals surface area (Å²) in [7, 11) is 3.55. The first-order chi connectivity index (χ1) is 7.99. The van der Waals surface area contributed by atoms with Crippen LogP contribution in [-0.2, 0) is 11.3 Å². The second-order valence-electron chi connectivity index (χ2n) is 4.25. The highest BCUT2D eigenvalue weighted by Gasteiger charge is 2.21. The lowest BCUT2D eigenvalue weighted by Crippen LogP contribution is -2.32. The number of rotatable bonds is 1. The van der Waals surface area contributed by atoms with Gasteiger partial charge in [0.1, 0.15) is 0 Å². The lowest BCUT2D eigenvalue weighted by molar-refractivity contribution is -0.128. The van der Waals surface area contributed by atoms with E-state index in [0.717, 1.165) is 11.3 Å². The van der Waals surface area contributed by atoms with Gasteiger partial charge in [0.2, 0.25) is 5.91 Å². The van der Waals surface area contributed by atoms with Gasteiger partial charge in [0, 0.05) is 26.3 Å². The normalized spacial score (nSPS) is 15.5. The number of carbonyl (C=O) groups is 2. The third-order valence-electron chi connectivity index (χ3n) is 2.94. The summed E-state index contributed by atoms with van der Waals surface area (Å²) in [5, 5.41) is 8.95. The highest BCUT2D eigenvalue weighted by atomic mass is 16.4. The molecule has 17 heavy (non-hydrogen) atoms. The molecule has 1 aromatic rings. The molecule has 0 spiro atoms. The van der Waals surface area contributed by atoms with Crippen molar-refractivity contribution in [1.82, 2.24) is 4.90 Å². The fraction of sp³-hybridized carbons (Fsp3) is 0.333. The number of anilines is 1. The smallest absolute Gasteiger partial charge is 0.335 e. The molecule has 5 nitrogen and oxygen atoms in total. The molecular weight excluding hydrogens is 220 g/mol. The van der Waals surface area contributed by atoms with E-state index < -0.39 is 5.97 Å². The number of carboxylic acid groups (broad SMARTS) is 1. The van der Waals surface area contributed by atoms with Gasteiger partial charge in [-0.1, -0.05) is 0 Å². The van der Waals surface area contributed by atoms with E-state index in [1.165, 1.54) is 0 Å². The average Bonchev–Trinajstić information content (AvgIpc) is 2.37. The van der Waals surface area contributed by atoms with Gasteiger partial charge in [-0.15, -0.1) is 0 Å². The summed E-state index contributed by atoms with van der Waals surface area (Å²) < 4.78 is 0. The Morgan fingerprint density at radius 3 is 2.59 bits per heavy atom. The number of benzene rings is 1. The highest BCUT2D eigenvalue weighted by molar-refractivity contribution is 5.89. The van der Waals surface area contributed by atoms with Crippen molar-refractivity contribution < 1.29 is 14.7 Å². The Kier molecular flexibility index (Phi) is 2.75. The minimum Gasteiger partial charge on any atom is -0.478 e. The Hall–Kier alpha value is -2.04. The van der Waals surface area contributed by atoms with Crippen molar-refractivity contribution in [2.24, 2.45) is 0 Å². The molecule has 5 heteroatoms. The fourth-order valence-electron chi connectivity index (χ4n) is 1.97. The van der Waals surface area contributed by atoms with Crippen LogP contribution in [0.2, 0.25) is 0 Å². The van der Waals surface area contributed by atoms with Crippen molar-refractivity contribution in [3.05, 3.63) is 29.3 Å². The lowest BCUT2D eigenvalue weighted by Gasteiger charge is -2.17. The van der Waals surface area contributed by atoms with Crippen LogP contribution in [0.5, 0.6) is 0 Å². The molecule has 0 aliphatic carbocycles. The molecule has 0 atom stereocenters. The number of fused-ring (bicyclic) bond motifs is 1. The number of hydrogen-bond donors (Lipinski definition) is 1. The molecule has 1 aliphatic rings. The molecule has 0 saturated carbocycles. The molecule has 90 valence electrons. The molecule has 0 aromatic heterocycles. The number of nitrogens with zero attached hydrogens (tertiary/aromatic N) is 2. The van der Waals surface area contributed by atoms with Crippen LogP contribution >= 0.6 is 0 Å². The first-order valence-electron chi connectivity index (χ1n) is 5.30. The molecular formula is C12H14N2O3. The molecule has 1 heterocycles. The van der Waals surface area contributed by atoms with Crippen LogP contribution in [0.4, 0.5) is 5.69 Å². The molecule has 0 bridgehead atoms. The van der Waals surface area contributed by atoms with Gasteiger partial charge in [-0.3, -0.25) is 4.79 Å². The van der Waals surface area contributed by atoms with E-state index in [0.29, 0.717) is 13.1 Å². The SMILES string of the molecule is CN1Cc2cc(C(=O)O)ccc2N(C)CC1=O. The van der Waals surface area contributed by atoms with Crippen molar-refractivity contribution in [2.45, 2.75) is 6.54 Å². The maximum absolute atomic E-state index is 11.7. The molecule has 1 aliphatic heterocycles. The van der Waals surface area contributed by atoms with E-state index in [1.807, 2.05) is 11.9 Å². The zero-order valence-electron chi connectivity index (χ0n) is 9.80. The Balaban J connectivity index is 2.47. The molecule has 0 radical (unpaired) electrons. The number of amides is 1. The summed E-state index contributed by atoms with van der Waals surface area (Å²) in [6.45, 7) is 0.759. The van der Waals surface area contributed by atoms with E-state index in [-0.39, 0.29) is 11.5 Å². The van der Waals surface area contributed by atoms with Crippen LogP contribution in [0.3, 0.4) is 0 Å². The van der Waals surface area contributed by atoms with Crippen molar-refractivity contribution >= 4 is 17.6 Å². The standard InChI is InChI=1S/C12H14N2O3/c1-13-7-11(15)14(2)6-9-5-8(12(16)17)3-4-10(9)13/h3-5H,6-7H2,1-2H3,(H,16,17). The van der Waals surface area contributed by atoms with E-state index in [2.05, 4.69) is 0 Å². The number of carbonyl (C=O) groups excluding carboxylic acids is 1. The topological polar surface area (TPSA) is 60.9 Å². The third-order valence-corrected chi connectivity index (χ3v) is 2.94. The second-order valence-corrected chi connectivity index (χ2v) is 4.25. The first kappa shape index (κ1) is 11.4. The van der Waals surface area contributed by atoms with Crippen molar-refractivity contribution in [3.63, 3.8) is 0 Å². The summed E-state index contributed by atoms with van der Waals surface area (Å²) in [6, 6.07) is 4.95. The second kappa shape index (κ2) is 4.08. The van der Waals surface area contributed by atoms with Gasteiger partial charge in [0.15, 0.2) is 0 Å². The molecule has 0 saturated heterocycles. The minimum absolute atomic E-state index is 0.0283. The molecule has 1 amide bonds. The van der Waals surface area contributed by atoms with E-state index in [1.54, 1.807) is 30.1 Å². The summed E-state index contributed by atoms with van der Waals surface area (Å²) in [6.07, 6.45) is 0. The van der Waals surface area contributed by atoms with Gasteiger partial charge in [0.25, 0.3) is 0 Å². The van der Waals surface area contributed by atoms with Gasteiger partial charge in [-0.25, -0.2) is 4.79 Å². The van der Waals surface area contributed by atoms with Crippen molar-refractivity contribution in [3.8, 4) is 0 Å². The van der Waals surface area contributed by atoms with E-state index in [9.17, 15) is 9.59 Å². The van der Waals surface area contributed by atoms with Crippen molar-refractivity contribution in [1.29, 1.82) is 0 Å². The number of aromatic carboxylic acids is 1. The van der Waals surface area contributed by atoms with Gasteiger partial charge >= 0.3 is 5.97 Å². The van der Waals surface area contributed by atoms with Crippen molar-refractivity contribution in [2.75, 3.05) is 25.5 Å². The molecule has 0 unspecified atom stereocenters. The zero-order valence-corrected chi connectivity index (χ0v) is 9.80. The average molecular weight is 234 g/mol. The van der Waals surface area contributed by atoms with Crippen LogP contribution < -0.4 is 4.90 Å². The van der Waals surface area contributed by atoms with Gasteiger partial charge in [-0.05, 0) is 23.8 Å². The van der Waals surface area contributed by atoms with Gasteiger partial charge in [0.05, 0.1) is 12.1 Å². The molecule has 1 aromatic carbocycles. The van der Waals surface area contributed by atoms with E-state index in [4.69, 9.17) is 5.11 Å². The third kappa shape index (κ3) is 2.08. The first-order valence-corrected chi connectivity index (χ1v) is 5.30. The molecule has 1 N–H and O–H groups in total. The van der Waals surface area contributed by atoms with E-state index >= 15 is 0 Å². The molecule has 2 rings (SSSR count). The summed E-state index contributed by atoms with van der Waals surface area (Å²) in [4.78, 5) is 26.0. The van der Waals surface area contributed by atoms with Crippen LogP contribution in [0.15, 0.2) is 18.2 Å². The monoisotopic (exact) mass is 234 g/mol. The Bertz CT molecular complexity index is 485. The van der Waals surface area contributed by atoms with Crippen LogP contribution in [0, 0.1) is 0 Å². The lowest BCUT2D eigenvalue weighted by atomic mass is 10.1. The Morgan fingerprint density at radius 2 is 1.94 bits per heavy atom. The zero-order chi connectivity index (χ0) is 12.6. The van der Waals surface area contributed by atoms with Gasteiger partial charge in [-0.2, -0.15) is 0 Å². The minimum atomic E-state index is -0.950.